The van der Waals surface area contributed by atoms with Crippen molar-refractivity contribution in [3.63, 3.8) is 0 Å². The number of aromatic nitrogens is 2. The van der Waals surface area contributed by atoms with Gasteiger partial charge in [0.2, 0.25) is 5.91 Å². The van der Waals surface area contributed by atoms with Crippen molar-refractivity contribution in [3.05, 3.63) is 22.7 Å². The van der Waals surface area contributed by atoms with E-state index in [1.807, 2.05) is 0 Å². The molecule has 2 rings (SSSR count). The van der Waals surface area contributed by atoms with E-state index in [4.69, 9.17) is 4.74 Å². The minimum Gasteiger partial charge on any atom is -0.460 e. The van der Waals surface area contributed by atoms with Gasteiger partial charge in [-0.3, -0.25) is 14.2 Å². The van der Waals surface area contributed by atoms with Crippen LogP contribution in [0.3, 0.4) is 0 Å². The Bertz CT molecular complexity index is 643. The fourth-order valence-corrected chi connectivity index (χ4v) is 2.49. The second-order valence-corrected chi connectivity index (χ2v) is 5.12. The van der Waals surface area contributed by atoms with E-state index in [1.165, 1.54) is 26.1 Å². The number of esters is 1. The Kier molecular flexibility index (Phi) is 4.57. The number of carbonyl (C=O) groups excluding carboxylic acids is 2. The first-order valence-corrected chi connectivity index (χ1v) is 6.69. The Morgan fingerprint density at radius 1 is 1.36 bits per heavy atom. The number of anilines is 1. The second kappa shape index (κ2) is 6.24. The summed E-state index contributed by atoms with van der Waals surface area (Å²) >= 11 is 0. The number of ether oxygens (including phenoxy) is 1. The number of carbonyl (C=O) groups is 2. The first-order valence-electron chi connectivity index (χ1n) is 6.69. The van der Waals surface area contributed by atoms with Gasteiger partial charge in [-0.05, 0) is 6.07 Å². The van der Waals surface area contributed by atoms with Crippen LogP contribution in [0.1, 0.15) is 26.3 Å². The molecule has 0 bridgehead atoms. The SMILES string of the molecule is CC(=O)Nc1ccn(C2CC(OC(C)=O)C(O)C2O)c(=O)n1. The average Bonchev–Trinajstić information content (AvgIpc) is 2.66. The van der Waals surface area contributed by atoms with Crippen LogP contribution in [0.25, 0.3) is 0 Å². The van der Waals surface area contributed by atoms with Gasteiger partial charge in [0.15, 0.2) is 0 Å². The van der Waals surface area contributed by atoms with Crippen LogP contribution >= 0.6 is 0 Å². The molecule has 22 heavy (non-hydrogen) atoms. The standard InChI is InChI=1S/C13H17N3O6/c1-6(17)14-10-3-4-16(13(21)15-10)8-5-9(22-7(2)18)12(20)11(8)19/h3-4,8-9,11-12,19-20H,5H2,1-2H3,(H,14,15,17,21). The van der Waals surface area contributed by atoms with E-state index < -0.39 is 36.0 Å². The van der Waals surface area contributed by atoms with Gasteiger partial charge in [-0.2, -0.15) is 4.98 Å². The van der Waals surface area contributed by atoms with Gasteiger partial charge in [-0.25, -0.2) is 4.79 Å². The van der Waals surface area contributed by atoms with Crippen molar-refractivity contribution in [1.82, 2.24) is 9.55 Å². The fourth-order valence-electron chi connectivity index (χ4n) is 2.49. The summed E-state index contributed by atoms with van der Waals surface area (Å²) in [5, 5.41) is 22.3. The zero-order valence-electron chi connectivity index (χ0n) is 12.1. The molecule has 0 spiro atoms. The largest absolute Gasteiger partial charge is 0.460 e. The molecule has 9 heteroatoms. The molecule has 0 aliphatic heterocycles. The molecule has 1 fully saturated rings. The van der Waals surface area contributed by atoms with E-state index in [1.54, 1.807) is 0 Å². The van der Waals surface area contributed by atoms with Crippen LogP contribution < -0.4 is 11.0 Å². The fraction of sp³-hybridized carbons (Fsp3) is 0.538. The van der Waals surface area contributed by atoms with Crippen molar-refractivity contribution in [2.24, 2.45) is 0 Å². The molecule has 1 saturated carbocycles. The molecular weight excluding hydrogens is 294 g/mol. The normalized spacial score (nSPS) is 27.5. The molecule has 1 aromatic rings. The maximum absolute atomic E-state index is 12.0. The molecule has 4 atom stereocenters. The number of aliphatic hydroxyl groups is 2. The Morgan fingerprint density at radius 3 is 2.59 bits per heavy atom. The molecule has 9 nitrogen and oxygen atoms in total. The van der Waals surface area contributed by atoms with E-state index in [-0.39, 0.29) is 18.1 Å². The Balaban J connectivity index is 2.23. The molecular formula is C13H17N3O6. The van der Waals surface area contributed by atoms with Crippen molar-refractivity contribution < 1.29 is 24.5 Å². The lowest BCUT2D eigenvalue weighted by Crippen LogP contribution is -2.36. The van der Waals surface area contributed by atoms with E-state index in [9.17, 15) is 24.6 Å². The van der Waals surface area contributed by atoms with Crippen LogP contribution in [0.4, 0.5) is 5.82 Å². The lowest BCUT2D eigenvalue weighted by atomic mass is 10.2. The maximum atomic E-state index is 12.0. The smallest absolute Gasteiger partial charge is 0.349 e. The first kappa shape index (κ1) is 16.1. The number of nitrogens with zero attached hydrogens (tertiary/aromatic N) is 2. The first-order chi connectivity index (χ1) is 10.3. The van der Waals surface area contributed by atoms with Crippen LogP contribution in [0.15, 0.2) is 17.1 Å². The minimum absolute atomic E-state index is 0.0863. The zero-order chi connectivity index (χ0) is 16.4. The molecule has 4 unspecified atom stereocenters. The number of hydrogen-bond donors (Lipinski definition) is 3. The summed E-state index contributed by atoms with van der Waals surface area (Å²) in [7, 11) is 0. The third-order valence-electron chi connectivity index (χ3n) is 3.41. The van der Waals surface area contributed by atoms with E-state index >= 15 is 0 Å². The molecule has 0 radical (unpaired) electrons. The van der Waals surface area contributed by atoms with Gasteiger partial charge in [-0.15, -0.1) is 0 Å². The number of rotatable bonds is 3. The molecule has 0 aromatic carbocycles. The summed E-state index contributed by atoms with van der Waals surface area (Å²) in [6.07, 6.45) is -1.99. The van der Waals surface area contributed by atoms with Crippen LogP contribution in [0, 0.1) is 0 Å². The molecule has 1 aliphatic carbocycles. The lowest BCUT2D eigenvalue weighted by molar-refractivity contribution is -0.152. The maximum Gasteiger partial charge on any atom is 0.349 e. The van der Waals surface area contributed by atoms with Gasteiger partial charge in [-0.1, -0.05) is 0 Å². The summed E-state index contributed by atoms with van der Waals surface area (Å²) in [5.41, 5.74) is -0.689. The van der Waals surface area contributed by atoms with E-state index in [0.717, 1.165) is 4.57 Å². The number of amides is 1. The second-order valence-electron chi connectivity index (χ2n) is 5.12. The topological polar surface area (TPSA) is 131 Å². The third-order valence-corrected chi connectivity index (χ3v) is 3.41. The predicted octanol–water partition coefficient (Wildman–Crippen LogP) is -1.20. The highest BCUT2D eigenvalue weighted by Crippen LogP contribution is 2.32. The van der Waals surface area contributed by atoms with Gasteiger partial charge < -0.3 is 20.3 Å². The van der Waals surface area contributed by atoms with Gasteiger partial charge in [0.05, 0.1) is 6.04 Å². The molecule has 1 aliphatic rings. The van der Waals surface area contributed by atoms with Crippen LogP contribution in [-0.2, 0) is 14.3 Å². The van der Waals surface area contributed by atoms with Crippen molar-refractivity contribution in [3.8, 4) is 0 Å². The summed E-state index contributed by atoms with van der Waals surface area (Å²) in [6.45, 7) is 2.48. The summed E-state index contributed by atoms with van der Waals surface area (Å²) in [6, 6.07) is 0.631. The zero-order valence-corrected chi connectivity index (χ0v) is 12.1. The van der Waals surface area contributed by atoms with Gasteiger partial charge in [0, 0.05) is 26.5 Å². The highest BCUT2D eigenvalue weighted by Gasteiger charge is 2.44. The Hall–Kier alpha value is -2.26. The quantitative estimate of drug-likeness (QED) is 0.597. The van der Waals surface area contributed by atoms with E-state index in [2.05, 4.69) is 10.3 Å². The Labute approximate surface area is 125 Å². The summed E-state index contributed by atoms with van der Waals surface area (Å²) in [5.74, 6) is -0.849. The minimum atomic E-state index is -1.28. The predicted molar refractivity (Wildman–Crippen MR) is 74.0 cm³/mol. The molecule has 1 heterocycles. The van der Waals surface area contributed by atoms with Gasteiger partial charge >= 0.3 is 11.7 Å². The van der Waals surface area contributed by atoms with E-state index in [0.29, 0.717) is 0 Å². The molecule has 3 N–H and O–H groups in total. The summed E-state index contributed by atoms with van der Waals surface area (Å²) < 4.78 is 6.06. The monoisotopic (exact) mass is 311 g/mol. The molecule has 1 amide bonds. The van der Waals surface area contributed by atoms with Crippen LogP contribution in [0.5, 0.6) is 0 Å². The highest BCUT2D eigenvalue weighted by atomic mass is 16.6. The third kappa shape index (κ3) is 3.31. The molecule has 1 aromatic heterocycles. The number of hydrogen-bond acceptors (Lipinski definition) is 7. The number of aliphatic hydroxyl groups excluding tert-OH is 2. The molecule has 0 saturated heterocycles. The van der Waals surface area contributed by atoms with Crippen molar-refractivity contribution in [2.75, 3.05) is 5.32 Å². The number of nitrogens with one attached hydrogen (secondary N) is 1. The van der Waals surface area contributed by atoms with Gasteiger partial charge in [0.1, 0.15) is 24.1 Å². The summed E-state index contributed by atoms with van der Waals surface area (Å²) in [4.78, 5) is 37.6. The average molecular weight is 311 g/mol. The van der Waals surface area contributed by atoms with Crippen LogP contribution in [0.2, 0.25) is 0 Å². The highest BCUT2D eigenvalue weighted by molar-refractivity contribution is 5.87. The molecule has 120 valence electrons. The lowest BCUT2D eigenvalue weighted by Gasteiger charge is -2.18. The van der Waals surface area contributed by atoms with Crippen molar-refractivity contribution in [2.45, 2.75) is 44.6 Å². The van der Waals surface area contributed by atoms with Crippen molar-refractivity contribution >= 4 is 17.7 Å². The van der Waals surface area contributed by atoms with Gasteiger partial charge in [0.25, 0.3) is 0 Å². The van der Waals surface area contributed by atoms with Crippen molar-refractivity contribution in [1.29, 1.82) is 0 Å². The van der Waals surface area contributed by atoms with Crippen LogP contribution in [-0.4, -0.2) is 50.0 Å². The Morgan fingerprint density at radius 2 is 2.05 bits per heavy atom.